The molecule has 0 aliphatic heterocycles. The van der Waals surface area contributed by atoms with Crippen LogP contribution in [0.25, 0.3) is 0 Å². The van der Waals surface area contributed by atoms with Crippen molar-refractivity contribution in [2.45, 2.75) is 75.1 Å². The lowest BCUT2D eigenvalue weighted by atomic mass is 9.91. The second-order valence-electron chi connectivity index (χ2n) is 8.00. The second kappa shape index (κ2) is 14.1. The summed E-state index contributed by atoms with van der Waals surface area (Å²) < 4.78 is -1.35. The number of hydrogen-bond acceptors (Lipinski definition) is 7. The number of carbonyl (C=O) groups excluding carboxylic acids is 1. The smallest absolute Gasteiger partial charge is 0.348 e. The van der Waals surface area contributed by atoms with Crippen LogP contribution in [-0.4, -0.2) is 57.2 Å². The lowest BCUT2D eigenvalue weighted by molar-refractivity contribution is -0.233. The molecule has 0 aromatic heterocycles. The van der Waals surface area contributed by atoms with Crippen LogP contribution < -0.4 is 11.1 Å². The topological polar surface area (TPSA) is 105 Å². The zero-order valence-electron chi connectivity index (χ0n) is 19.7. The third-order valence-electron chi connectivity index (χ3n) is 5.41. The number of benzene rings is 1. The van der Waals surface area contributed by atoms with Gasteiger partial charge in [0.25, 0.3) is 0 Å². The van der Waals surface area contributed by atoms with E-state index in [1.54, 1.807) is 6.92 Å². The number of nitrogens with two attached hydrogens (primary N) is 1. The summed E-state index contributed by atoms with van der Waals surface area (Å²) in [7, 11) is 0. The van der Waals surface area contributed by atoms with Gasteiger partial charge in [-0.05, 0) is 44.6 Å². The first-order valence-corrected chi connectivity index (χ1v) is 12.9. The number of amides is 1. The molecule has 0 saturated heterocycles. The molecule has 1 amide bonds. The lowest BCUT2D eigenvalue weighted by Crippen LogP contribution is -2.76. The van der Waals surface area contributed by atoms with Gasteiger partial charge in [-0.25, -0.2) is 4.79 Å². The summed E-state index contributed by atoms with van der Waals surface area (Å²) in [5.74, 6) is -1.85. The van der Waals surface area contributed by atoms with Gasteiger partial charge >= 0.3 is 5.97 Å². The molecule has 0 heterocycles. The molecule has 0 spiro atoms. The Hall–Kier alpha value is -1.26. The van der Waals surface area contributed by atoms with Crippen LogP contribution in [0.15, 0.2) is 30.3 Å². The van der Waals surface area contributed by atoms with Crippen LogP contribution in [0.5, 0.6) is 0 Å². The van der Waals surface area contributed by atoms with Crippen molar-refractivity contribution in [3.05, 3.63) is 35.9 Å². The molecule has 7 nitrogen and oxygen atoms in total. The fourth-order valence-electron chi connectivity index (χ4n) is 3.37. The summed E-state index contributed by atoms with van der Waals surface area (Å²) in [6.07, 6.45) is 5.80. The summed E-state index contributed by atoms with van der Waals surface area (Å²) in [5.41, 5.74) is 5.33. The molecule has 3 atom stereocenters. The van der Waals surface area contributed by atoms with E-state index in [1.807, 2.05) is 43.5 Å². The molecule has 0 fully saturated rings. The average molecular weight is 486 g/mol. The Bertz CT molecular complexity index is 706. The monoisotopic (exact) mass is 485 g/mol. The summed E-state index contributed by atoms with van der Waals surface area (Å²) in [6, 6.07) is 9.55. The number of aliphatic carboxylic acids is 1. The third-order valence-corrected chi connectivity index (χ3v) is 7.29. The number of hydroxylamine groups is 2. The molecular weight excluding hydrogens is 446 g/mol. The van der Waals surface area contributed by atoms with Gasteiger partial charge in [0, 0.05) is 6.42 Å². The zero-order valence-corrected chi connectivity index (χ0v) is 21.4. The molecule has 1 unspecified atom stereocenters. The van der Waals surface area contributed by atoms with Gasteiger partial charge in [0.2, 0.25) is 11.6 Å². The Balaban J connectivity index is 3.25. The summed E-state index contributed by atoms with van der Waals surface area (Å²) >= 11 is 6.13. The largest absolute Gasteiger partial charge is 0.478 e. The normalized spacial score (nSPS) is 16.1. The number of carbonyl (C=O) groups is 2. The molecule has 0 radical (unpaired) electrons. The maximum atomic E-state index is 13.3. The van der Waals surface area contributed by atoms with Crippen molar-refractivity contribution in [3.63, 3.8) is 0 Å². The fourth-order valence-corrected chi connectivity index (χ4v) is 4.89. The lowest BCUT2D eigenvalue weighted by Gasteiger charge is -2.48. The van der Waals surface area contributed by atoms with Crippen molar-refractivity contribution in [1.82, 2.24) is 10.4 Å². The molecule has 0 saturated carbocycles. The van der Waals surface area contributed by atoms with E-state index < -0.39 is 27.7 Å². The number of rotatable bonds is 16. The quantitative estimate of drug-likeness (QED) is 0.122. The van der Waals surface area contributed by atoms with Crippen molar-refractivity contribution < 1.29 is 19.5 Å². The third kappa shape index (κ3) is 7.38. The Morgan fingerprint density at radius 1 is 1.25 bits per heavy atom. The maximum absolute atomic E-state index is 13.3. The number of hydrogen-bond donors (Lipinski definition) is 4. The molecule has 0 aliphatic carbocycles. The first-order chi connectivity index (χ1) is 15.2. The Kier molecular flexibility index (Phi) is 12.7. The van der Waals surface area contributed by atoms with E-state index in [4.69, 9.17) is 23.2 Å². The molecule has 1 aromatic carbocycles. The SMILES string of the molecule is CCCCCON(C(=O)CCc1ccccc1)[C@](N)(C(=O)O)[C@](C)(S)C(NCCC)SC. The fraction of sp³-hybridized carbons (Fsp3) is 0.652. The van der Waals surface area contributed by atoms with E-state index in [2.05, 4.69) is 12.2 Å². The molecular formula is C23H39N3O4S2. The Morgan fingerprint density at radius 2 is 1.91 bits per heavy atom. The first kappa shape index (κ1) is 28.8. The van der Waals surface area contributed by atoms with Gasteiger partial charge in [0.05, 0.1) is 16.7 Å². The van der Waals surface area contributed by atoms with Crippen LogP contribution in [0.2, 0.25) is 0 Å². The number of nitrogens with zero attached hydrogens (tertiary/aromatic N) is 1. The van der Waals surface area contributed by atoms with Crippen molar-refractivity contribution in [2.24, 2.45) is 5.73 Å². The van der Waals surface area contributed by atoms with Crippen molar-refractivity contribution in [1.29, 1.82) is 0 Å². The average Bonchev–Trinajstić information content (AvgIpc) is 2.77. The van der Waals surface area contributed by atoms with Gasteiger partial charge in [-0.15, -0.1) is 11.8 Å². The zero-order chi connectivity index (χ0) is 24.2. The van der Waals surface area contributed by atoms with E-state index in [-0.39, 0.29) is 13.0 Å². The van der Waals surface area contributed by atoms with Crippen LogP contribution in [0.4, 0.5) is 0 Å². The number of aryl methyl sites for hydroxylation is 1. The van der Waals surface area contributed by atoms with E-state index in [9.17, 15) is 14.7 Å². The minimum atomic E-state index is -2.19. The minimum absolute atomic E-state index is 0.0696. The van der Waals surface area contributed by atoms with Gasteiger partial charge in [0.15, 0.2) is 0 Å². The van der Waals surface area contributed by atoms with Crippen molar-refractivity contribution >= 4 is 36.3 Å². The number of carboxylic acid groups (broad SMARTS) is 1. The van der Waals surface area contributed by atoms with Crippen LogP contribution in [0.1, 0.15) is 58.4 Å². The molecule has 9 heteroatoms. The number of carboxylic acids is 1. The predicted molar refractivity (Wildman–Crippen MR) is 135 cm³/mol. The predicted octanol–water partition coefficient (Wildman–Crippen LogP) is 3.69. The van der Waals surface area contributed by atoms with Gasteiger partial charge in [-0.1, -0.05) is 57.0 Å². The highest BCUT2D eigenvalue weighted by Crippen LogP contribution is 2.38. The van der Waals surface area contributed by atoms with Crippen LogP contribution in [0, 0.1) is 0 Å². The minimum Gasteiger partial charge on any atom is -0.478 e. The number of thiol groups is 1. The van der Waals surface area contributed by atoms with Gasteiger partial charge in [-0.3, -0.25) is 15.4 Å². The highest BCUT2D eigenvalue weighted by Gasteiger charge is 2.60. The van der Waals surface area contributed by atoms with Gasteiger partial charge in [0.1, 0.15) is 0 Å². The van der Waals surface area contributed by atoms with E-state index >= 15 is 0 Å². The Labute approximate surface area is 202 Å². The van der Waals surface area contributed by atoms with Gasteiger partial charge in [-0.2, -0.15) is 17.7 Å². The molecule has 4 N–H and O–H groups in total. The van der Waals surface area contributed by atoms with Gasteiger partial charge < -0.3 is 10.4 Å². The van der Waals surface area contributed by atoms with Crippen LogP contribution in [-0.2, 0) is 20.8 Å². The molecule has 1 rings (SSSR count). The molecule has 0 bridgehead atoms. The highest BCUT2D eigenvalue weighted by atomic mass is 32.2. The van der Waals surface area contributed by atoms with Crippen molar-refractivity contribution in [2.75, 3.05) is 19.4 Å². The molecule has 182 valence electrons. The second-order valence-corrected chi connectivity index (χ2v) is 9.87. The molecule has 32 heavy (non-hydrogen) atoms. The van der Waals surface area contributed by atoms with Crippen LogP contribution >= 0.6 is 24.4 Å². The maximum Gasteiger partial charge on any atom is 0.348 e. The van der Waals surface area contributed by atoms with E-state index in [0.717, 1.165) is 29.9 Å². The summed E-state index contributed by atoms with van der Waals surface area (Å²) in [4.78, 5) is 31.7. The van der Waals surface area contributed by atoms with E-state index in [0.29, 0.717) is 19.4 Å². The number of thioether (sulfide) groups is 1. The highest BCUT2D eigenvalue weighted by molar-refractivity contribution is 8.00. The molecule has 1 aromatic rings. The van der Waals surface area contributed by atoms with Crippen molar-refractivity contribution in [3.8, 4) is 0 Å². The number of nitrogens with one attached hydrogen (secondary N) is 1. The van der Waals surface area contributed by atoms with Crippen LogP contribution in [0.3, 0.4) is 0 Å². The summed E-state index contributed by atoms with van der Waals surface area (Å²) in [5, 5.41) is 14.0. The summed E-state index contributed by atoms with van der Waals surface area (Å²) in [6.45, 7) is 6.58. The first-order valence-electron chi connectivity index (χ1n) is 11.2. The van der Waals surface area contributed by atoms with E-state index in [1.165, 1.54) is 11.8 Å². The number of unbranched alkanes of at least 4 members (excludes halogenated alkanes) is 2. The standard InChI is InChI=1S/C23H39N3O4S2/c1-5-7-11-17-30-26(19(27)15-14-18-12-9-8-10-13-18)23(24,21(28)29)22(3,31)20(32-4)25-16-6-2/h8-10,12-13,20,25,31H,5-7,11,14-17,24H2,1-4H3,(H,28,29)/t20?,22-,23-/m1/s1. The molecule has 0 aliphatic rings. The Morgan fingerprint density at radius 3 is 2.44 bits per heavy atom.